The molecule has 5 atom stereocenters. The van der Waals surface area contributed by atoms with E-state index in [1.165, 1.54) is 10.8 Å². The molecule has 36 heavy (non-hydrogen) atoms. The summed E-state index contributed by atoms with van der Waals surface area (Å²) in [6.07, 6.45) is -1.94. The number of aromatic nitrogens is 3. The van der Waals surface area contributed by atoms with Crippen molar-refractivity contribution in [1.82, 2.24) is 14.6 Å². The first-order valence-corrected chi connectivity index (χ1v) is 12.9. The summed E-state index contributed by atoms with van der Waals surface area (Å²) < 4.78 is 42.9. The second-order valence-corrected chi connectivity index (χ2v) is 10.7. The lowest BCUT2D eigenvalue weighted by molar-refractivity contribution is -0.0949. The van der Waals surface area contributed by atoms with Crippen molar-refractivity contribution in [3.63, 3.8) is 0 Å². The normalized spacial score (nSPS) is 30.0. The van der Waals surface area contributed by atoms with E-state index in [-0.39, 0.29) is 30.7 Å². The van der Waals surface area contributed by atoms with Crippen LogP contribution >= 0.6 is 7.82 Å². The number of aliphatic hydroxyl groups is 1. The van der Waals surface area contributed by atoms with Crippen molar-refractivity contribution in [2.75, 3.05) is 12.3 Å². The number of fused-ring (bicyclic) bond motifs is 2. The Morgan fingerprint density at radius 1 is 1.33 bits per heavy atom. The molecule has 13 heteroatoms. The summed E-state index contributed by atoms with van der Waals surface area (Å²) in [7, 11) is -4.10. The van der Waals surface area contributed by atoms with Gasteiger partial charge in [-0.05, 0) is 44.5 Å². The van der Waals surface area contributed by atoms with Gasteiger partial charge in [-0.1, -0.05) is 18.2 Å². The zero-order valence-corrected chi connectivity index (χ0v) is 20.8. The van der Waals surface area contributed by atoms with Crippen LogP contribution in [0.1, 0.15) is 42.4 Å². The number of esters is 1. The maximum Gasteiger partial charge on any atom is 0.475 e. The van der Waals surface area contributed by atoms with E-state index in [1.807, 2.05) is 0 Å². The first kappa shape index (κ1) is 24.8. The van der Waals surface area contributed by atoms with E-state index in [9.17, 15) is 14.5 Å². The molecule has 0 bridgehead atoms. The summed E-state index contributed by atoms with van der Waals surface area (Å²) in [5.74, 6) is -0.243. The fraction of sp³-hybridized carbons (Fsp3) is 0.435. The molecule has 2 saturated heterocycles. The third-order valence-corrected chi connectivity index (χ3v) is 7.65. The molecule has 2 fully saturated rings. The zero-order valence-electron chi connectivity index (χ0n) is 19.9. The molecule has 192 valence electrons. The van der Waals surface area contributed by atoms with Gasteiger partial charge < -0.3 is 20.3 Å². The Kier molecular flexibility index (Phi) is 6.36. The lowest BCUT2D eigenvalue weighted by atomic mass is 9.93. The van der Waals surface area contributed by atoms with Crippen LogP contribution < -0.4 is 5.73 Å². The second kappa shape index (κ2) is 9.22. The second-order valence-electron chi connectivity index (χ2n) is 9.07. The van der Waals surface area contributed by atoms with Crippen LogP contribution in [-0.2, 0) is 39.8 Å². The summed E-state index contributed by atoms with van der Waals surface area (Å²) in [5.41, 5.74) is 6.47. The smallest absolute Gasteiger partial charge is 0.459 e. The number of phosphoric acid groups is 1. The molecule has 0 spiro atoms. The molecule has 0 aliphatic carbocycles. The minimum atomic E-state index is -4.10. The quantitative estimate of drug-likeness (QED) is 0.365. The van der Waals surface area contributed by atoms with Gasteiger partial charge in [0.2, 0.25) is 0 Å². The van der Waals surface area contributed by atoms with Gasteiger partial charge in [-0.3, -0.25) is 13.6 Å². The van der Waals surface area contributed by atoms with Gasteiger partial charge in [0.1, 0.15) is 35.8 Å². The Hall–Kier alpha value is -2.86. The molecule has 1 unspecified atom stereocenters. The highest BCUT2D eigenvalue weighted by Gasteiger charge is 2.59. The van der Waals surface area contributed by atoms with E-state index >= 15 is 0 Å². The standard InChI is InChI=1S/C23H27N4O8P/c1-13(2)33-22(29)15-7-5-4-6-14(15)10-31-36(30)32-11-17-19(35-36)20(28)23(3,34-17)18-9-8-16-21(24)25-12-26-27(16)18/h4-9,12-13,17,19-20,28H,10-11H2,1-3H3,(H2,24,25,26)/t17-,19-,20-,23+,36?/m1/s1. The van der Waals surface area contributed by atoms with Crippen molar-refractivity contribution in [3.05, 3.63) is 59.5 Å². The van der Waals surface area contributed by atoms with E-state index < -0.39 is 37.7 Å². The van der Waals surface area contributed by atoms with E-state index in [4.69, 9.17) is 28.8 Å². The summed E-state index contributed by atoms with van der Waals surface area (Å²) >= 11 is 0. The highest BCUT2D eigenvalue weighted by atomic mass is 31.2. The minimum absolute atomic E-state index is 0.133. The van der Waals surface area contributed by atoms with E-state index in [0.29, 0.717) is 16.8 Å². The topological polar surface area (TPSA) is 157 Å². The van der Waals surface area contributed by atoms with Crippen LogP contribution in [0.5, 0.6) is 0 Å². The molecule has 3 N–H and O–H groups in total. The number of nitrogen functional groups attached to an aromatic ring is 1. The Balaban J connectivity index is 1.33. The highest BCUT2D eigenvalue weighted by Crippen LogP contribution is 2.58. The first-order chi connectivity index (χ1) is 17.1. The Bertz CT molecular complexity index is 1350. The zero-order chi connectivity index (χ0) is 25.7. The lowest BCUT2D eigenvalue weighted by Crippen LogP contribution is -2.42. The van der Waals surface area contributed by atoms with Crippen molar-refractivity contribution in [2.24, 2.45) is 0 Å². The number of benzene rings is 1. The molecule has 12 nitrogen and oxygen atoms in total. The first-order valence-electron chi connectivity index (χ1n) is 11.4. The number of hydrogen-bond donors (Lipinski definition) is 2. The van der Waals surface area contributed by atoms with Gasteiger partial charge in [0.15, 0.2) is 5.82 Å². The molecule has 2 aliphatic heterocycles. The third kappa shape index (κ3) is 4.30. The van der Waals surface area contributed by atoms with Crippen LogP contribution in [0, 0.1) is 0 Å². The summed E-state index contributed by atoms with van der Waals surface area (Å²) in [6, 6.07) is 10.1. The van der Waals surface area contributed by atoms with Gasteiger partial charge in [0.05, 0.1) is 30.6 Å². The lowest BCUT2D eigenvalue weighted by Gasteiger charge is -2.31. The summed E-state index contributed by atoms with van der Waals surface area (Å²) in [4.78, 5) is 16.4. The average Bonchev–Trinajstić information content (AvgIpc) is 3.39. The van der Waals surface area contributed by atoms with Crippen LogP contribution in [-0.4, -0.2) is 56.7 Å². The molecule has 2 aliphatic rings. The van der Waals surface area contributed by atoms with Crippen molar-refractivity contribution in [3.8, 4) is 0 Å². The van der Waals surface area contributed by atoms with Crippen LogP contribution in [0.2, 0.25) is 0 Å². The predicted octanol–water partition coefficient (Wildman–Crippen LogP) is 2.59. The van der Waals surface area contributed by atoms with Crippen molar-refractivity contribution in [2.45, 2.75) is 57.4 Å². The van der Waals surface area contributed by atoms with E-state index in [0.717, 1.165) is 0 Å². The number of nitrogens with zero attached hydrogens (tertiary/aromatic N) is 3. The van der Waals surface area contributed by atoms with Crippen LogP contribution in [0.3, 0.4) is 0 Å². The fourth-order valence-electron chi connectivity index (χ4n) is 4.45. The number of phosphoric ester groups is 1. The van der Waals surface area contributed by atoms with Gasteiger partial charge in [0.25, 0.3) is 0 Å². The number of carbonyl (C=O) groups is 1. The Labute approximate surface area is 206 Å². The third-order valence-electron chi connectivity index (χ3n) is 6.23. The Morgan fingerprint density at radius 3 is 2.89 bits per heavy atom. The van der Waals surface area contributed by atoms with Crippen LogP contribution in [0.4, 0.5) is 5.82 Å². The van der Waals surface area contributed by atoms with Crippen molar-refractivity contribution in [1.29, 1.82) is 0 Å². The molecule has 1 aromatic carbocycles. The van der Waals surface area contributed by atoms with E-state index in [2.05, 4.69) is 10.1 Å². The molecule has 5 rings (SSSR count). The minimum Gasteiger partial charge on any atom is -0.459 e. The Morgan fingerprint density at radius 2 is 2.11 bits per heavy atom. The number of aliphatic hydroxyl groups excluding tert-OH is 1. The molecular weight excluding hydrogens is 491 g/mol. The van der Waals surface area contributed by atoms with Gasteiger partial charge in [-0.25, -0.2) is 18.9 Å². The number of carbonyl (C=O) groups excluding carboxylic acids is 1. The average molecular weight is 518 g/mol. The number of ether oxygens (including phenoxy) is 2. The monoisotopic (exact) mass is 518 g/mol. The maximum atomic E-state index is 13.3. The SMILES string of the molecule is CC(C)OC(=O)c1ccccc1COP1(=O)OC[C@H]2O[C@@](C)(c3ccc4c(N)ncnn34)[C@H](O)[C@@H]2O1. The van der Waals surface area contributed by atoms with Gasteiger partial charge in [-0.2, -0.15) is 5.10 Å². The fourth-order valence-corrected chi connectivity index (χ4v) is 5.82. The number of rotatable bonds is 6. The number of nitrogens with two attached hydrogens (primary N) is 1. The van der Waals surface area contributed by atoms with Crippen molar-refractivity contribution < 1.29 is 37.5 Å². The molecule has 0 radical (unpaired) electrons. The molecule has 4 heterocycles. The predicted molar refractivity (Wildman–Crippen MR) is 126 cm³/mol. The van der Waals surface area contributed by atoms with Crippen molar-refractivity contribution >= 4 is 25.1 Å². The molecule has 3 aromatic rings. The summed E-state index contributed by atoms with van der Waals surface area (Å²) in [6.45, 7) is 4.81. The molecule has 0 saturated carbocycles. The van der Waals surface area contributed by atoms with Crippen LogP contribution in [0.15, 0.2) is 42.7 Å². The van der Waals surface area contributed by atoms with E-state index in [1.54, 1.807) is 57.2 Å². The maximum absolute atomic E-state index is 13.3. The van der Waals surface area contributed by atoms with Gasteiger partial charge in [0, 0.05) is 0 Å². The van der Waals surface area contributed by atoms with Gasteiger partial charge >= 0.3 is 13.8 Å². The number of hydrogen-bond acceptors (Lipinski definition) is 11. The number of anilines is 1. The summed E-state index contributed by atoms with van der Waals surface area (Å²) in [5, 5.41) is 15.5. The largest absolute Gasteiger partial charge is 0.475 e. The van der Waals surface area contributed by atoms with Gasteiger partial charge in [-0.15, -0.1) is 0 Å². The highest BCUT2D eigenvalue weighted by molar-refractivity contribution is 7.48. The molecular formula is C23H27N4O8P. The molecule has 2 aromatic heterocycles. The molecule has 0 amide bonds. The van der Waals surface area contributed by atoms with Crippen LogP contribution in [0.25, 0.3) is 5.52 Å².